The van der Waals surface area contributed by atoms with Crippen molar-refractivity contribution >= 4 is 11.7 Å². The molecule has 1 spiro atoms. The third kappa shape index (κ3) is 4.99. The van der Waals surface area contributed by atoms with Gasteiger partial charge in [0.2, 0.25) is 5.78 Å². The molecule has 1 unspecified atom stereocenters. The molecule has 2 aliphatic carbocycles. The van der Waals surface area contributed by atoms with Gasteiger partial charge in [-0.15, -0.1) is 0 Å². The Morgan fingerprint density at radius 2 is 1.92 bits per heavy atom. The van der Waals surface area contributed by atoms with Crippen molar-refractivity contribution in [3.8, 4) is 0 Å². The smallest absolute Gasteiger partial charge is 0.288 e. The van der Waals surface area contributed by atoms with Gasteiger partial charge in [0.05, 0.1) is 12.7 Å². The van der Waals surface area contributed by atoms with E-state index in [1.807, 2.05) is 0 Å². The average molecular weight is 494 g/mol. The highest BCUT2D eigenvalue weighted by Gasteiger charge is 2.50. The fourth-order valence-corrected chi connectivity index (χ4v) is 6.52. The van der Waals surface area contributed by atoms with Gasteiger partial charge >= 0.3 is 0 Å². The summed E-state index contributed by atoms with van der Waals surface area (Å²) in [7, 11) is 4.36. The number of oxazole rings is 1. The lowest BCUT2D eigenvalue weighted by Crippen LogP contribution is -2.53. The zero-order chi connectivity index (χ0) is 25.2. The third-order valence-electron chi connectivity index (χ3n) is 9.10. The van der Waals surface area contributed by atoms with Crippen molar-refractivity contribution in [3.05, 3.63) is 54.2 Å². The van der Waals surface area contributed by atoms with E-state index in [4.69, 9.17) is 4.42 Å². The van der Waals surface area contributed by atoms with Crippen LogP contribution in [-0.2, 0) is 21.7 Å². The van der Waals surface area contributed by atoms with Crippen LogP contribution in [0.1, 0.15) is 69.1 Å². The largest absolute Gasteiger partial charge is 0.447 e. The molecule has 0 radical (unpaired) electrons. The molecule has 1 aromatic carbocycles. The molecule has 1 amide bonds. The molecular weight excluding hydrogens is 454 g/mol. The number of ketones is 1. The number of benzene rings is 1. The van der Waals surface area contributed by atoms with Crippen LogP contribution in [0.25, 0.3) is 0 Å². The normalized spacial score (nSPS) is 29.2. The molecule has 194 valence electrons. The average Bonchev–Trinajstić information content (AvgIpc) is 3.53. The number of Topliss-reactive ketones (excluding diaryl/α,β-unsaturated/α-hetero) is 1. The third-order valence-corrected chi connectivity index (χ3v) is 9.10. The number of nitrogens with zero attached hydrogens (tertiary/aromatic N) is 2. The SMILES string of the molecule is CN(C)C1(c2ccccc2)CCC2(CC1)C[C@@H](C(CC1CCC1)C(=O)C(=O)NCc1cnco1)NN2. The van der Waals surface area contributed by atoms with E-state index in [1.165, 1.54) is 18.4 Å². The lowest BCUT2D eigenvalue weighted by Gasteiger charge is -2.49. The standard InChI is InChI=1S/C28H39N5O3/c1-33(2)28(21-9-4-3-5-10-21)13-11-27(12-14-28)16-24(31-32-27)23(15-20-7-6-8-20)25(34)26(35)30-18-22-17-29-19-36-22/h3-5,9-10,17,19-20,23-24,31-32H,6-8,11-16,18H2,1-2H3,(H,30,35)/t23?,24-,27?,28?/m0/s1. The first-order valence-corrected chi connectivity index (χ1v) is 13.4. The molecule has 8 nitrogen and oxygen atoms in total. The first kappa shape index (κ1) is 25.1. The van der Waals surface area contributed by atoms with Crippen molar-refractivity contribution in [2.45, 2.75) is 81.5 Å². The fraction of sp³-hybridized carbons (Fsp3) is 0.607. The van der Waals surface area contributed by atoms with Crippen LogP contribution in [0.4, 0.5) is 0 Å². The van der Waals surface area contributed by atoms with Crippen LogP contribution < -0.4 is 16.2 Å². The van der Waals surface area contributed by atoms with Crippen LogP contribution >= 0.6 is 0 Å². The second-order valence-electron chi connectivity index (χ2n) is 11.3. The van der Waals surface area contributed by atoms with Crippen molar-refractivity contribution in [2.75, 3.05) is 14.1 Å². The van der Waals surface area contributed by atoms with E-state index in [1.54, 1.807) is 6.20 Å². The summed E-state index contributed by atoms with van der Waals surface area (Å²) in [5, 5.41) is 2.73. The molecule has 3 aliphatic rings. The lowest BCUT2D eigenvalue weighted by molar-refractivity contribution is -0.141. The summed E-state index contributed by atoms with van der Waals surface area (Å²) in [4.78, 5) is 32.5. The van der Waals surface area contributed by atoms with Gasteiger partial charge in [-0.1, -0.05) is 49.6 Å². The van der Waals surface area contributed by atoms with Crippen molar-refractivity contribution < 1.29 is 14.0 Å². The molecule has 36 heavy (non-hydrogen) atoms. The summed E-state index contributed by atoms with van der Waals surface area (Å²) in [6.07, 6.45) is 12.2. The second-order valence-corrected chi connectivity index (χ2v) is 11.3. The minimum Gasteiger partial charge on any atom is -0.447 e. The Balaban J connectivity index is 1.26. The van der Waals surface area contributed by atoms with E-state index in [-0.39, 0.29) is 35.4 Å². The number of rotatable bonds is 9. The molecule has 3 N–H and O–H groups in total. The molecule has 8 heteroatoms. The van der Waals surface area contributed by atoms with Gasteiger partial charge in [0.1, 0.15) is 5.76 Å². The molecule has 2 saturated carbocycles. The predicted molar refractivity (Wildman–Crippen MR) is 136 cm³/mol. The Hall–Kier alpha value is -2.55. The topological polar surface area (TPSA) is 99.5 Å². The zero-order valence-electron chi connectivity index (χ0n) is 21.5. The zero-order valence-corrected chi connectivity index (χ0v) is 21.5. The highest BCUT2D eigenvalue weighted by Crippen LogP contribution is 2.47. The van der Waals surface area contributed by atoms with E-state index >= 15 is 0 Å². The molecular formula is C28H39N5O3. The summed E-state index contributed by atoms with van der Waals surface area (Å²) < 4.78 is 5.19. The second kappa shape index (κ2) is 10.4. The van der Waals surface area contributed by atoms with E-state index in [2.05, 4.69) is 70.5 Å². The summed E-state index contributed by atoms with van der Waals surface area (Å²) >= 11 is 0. The maximum Gasteiger partial charge on any atom is 0.288 e. The highest BCUT2D eigenvalue weighted by atomic mass is 16.3. The molecule has 3 fully saturated rings. The summed E-state index contributed by atoms with van der Waals surface area (Å²) in [5.74, 6) is -0.105. The Bertz CT molecular complexity index is 1030. The van der Waals surface area contributed by atoms with Gasteiger partial charge in [-0.2, -0.15) is 0 Å². The summed E-state index contributed by atoms with van der Waals surface area (Å²) in [5.41, 5.74) is 8.43. The monoisotopic (exact) mass is 493 g/mol. The van der Waals surface area contributed by atoms with Gasteiger partial charge in [0, 0.05) is 23.0 Å². The highest BCUT2D eigenvalue weighted by molar-refractivity contribution is 6.37. The van der Waals surface area contributed by atoms with E-state index < -0.39 is 5.91 Å². The number of carbonyl (C=O) groups excluding carboxylic acids is 2. The number of hydrogen-bond donors (Lipinski definition) is 3. The Kier molecular flexibility index (Phi) is 7.28. The van der Waals surface area contributed by atoms with Gasteiger partial charge in [-0.25, -0.2) is 4.98 Å². The van der Waals surface area contributed by atoms with Crippen molar-refractivity contribution in [2.24, 2.45) is 11.8 Å². The Morgan fingerprint density at radius 1 is 1.17 bits per heavy atom. The minimum atomic E-state index is -0.530. The van der Waals surface area contributed by atoms with Gasteiger partial charge in [-0.3, -0.25) is 25.3 Å². The molecule has 1 aliphatic heterocycles. The lowest BCUT2D eigenvalue weighted by atomic mass is 9.66. The minimum absolute atomic E-state index is 0.0218. The number of carbonyl (C=O) groups is 2. The van der Waals surface area contributed by atoms with Crippen LogP contribution in [0, 0.1) is 11.8 Å². The van der Waals surface area contributed by atoms with Crippen LogP contribution in [-0.4, -0.2) is 47.3 Å². The summed E-state index contributed by atoms with van der Waals surface area (Å²) in [6, 6.07) is 10.8. The van der Waals surface area contributed by atoms with E-state index in [0.29, 0.717) is 11.7 Å². The molecule has 1 saturated heterocycles. The van der Waals surface area contributed by atoms with Crippen molar-refractivity contribution in [3.63, 3.8) is 0 Å². The number of amides is 1. The van der Waals surface area contributed by atoms with Gasteiger partial charge in [0.25, 0.3) is 5.91 Å². The summed E-state index contributed by atoms with van der Waals surface area (Å²) in [6.45, 7) is 0.174. The first-order valence-electron chi connectivity index (χ1n) is 13.4. The number of aromatic nitrogens is 1. The van der Waals surface area contributed by atoms with E-state index in [0.717, 1.165) is 51.4 Å². The quantitative estimate of drug-likeness (QED) is 0.461. The number of hydrazine groups is 1. The molecule has 5 rings (SSSR count). The van der Waals surface area contributed by atoms with Gasteiger partial charge < -0.3 is 9.73 Å². The molecule has 1 aromatic heterocycles. The van der Waals surface area contributed by atoms with Crippen LogP contribution in [0.5, 0.6) is 0 Å². The Morgan fingerprint density at radius 3 is 2.53 bits per heavy atom. The van der Waals surface area contributed by atoms with Crippen LogP contribution in [0.2, 0.25) is 0 Å². The number of hydrogen-bond acceptors (Lipinski definition) is 7. The van der Waals surface area contributed by atoms with Crippen LogP contribution in [0.15, 0.2) is 47.3 Å². The maximum atomic E-state index is 13.4. The first-order chi connectivity index (χ1) is 17.4. The van der Waals surface area contributed by atoms with Crippen molar-refractivity contribution in [1.29, 1.82) is 0 Å². The molecule has 2 heterocycles. The van der Waals surface area contributed by atoms with Crippen LogP contribution in [0.3, 0.4) is 0 Å². The van der Waals surface area contributed by atoms with Gasteiger partial charge in [-0.05, 0) is 64.1 Å². The maximum absolute atomic E-state index is 13.4. The predicted octanol–water partition coefficient (Wildman–Crippen LogP) is 3.30. The van der Waals surface area contributed by atoms with E-state index in [9.17, 15) is 9.59 Å². The van der Waals surface area contributed by atoms with Crippen molar-refractivity contribution in [1.82, 2.24) is 26.1 Å². The Labute approximate surface area is 213 Å². The van der Waals surface area contributed by atoms with Gasteiger partial charge in [0.15, 0.2) is 6.39 Å². The molecule has 2 atom stereocenters. The molecule has 0 bridgehead atoms. The molecule has 2 aromatic rings. The number of nitrogens with one attached hydrogen (secondary N) is 3. The fourth-order valence-electron chi connectivity index (χ4n) is 6.52.